The normalized spacial score (nSPS) is 13.4. The van der Waals surface area contributed by atoms with E-state index in [2.05, 4.69) is 15.5 Å². The summed E-state index contributed by atoms with van der Waals surface area (Å²) in [5, 5.41) is 13.4. The molecule has 2 heterocycles. The highest BCUT2D eigenvalue weighted by Gasteiger charge is 2.20. The van der Waals surface area contributed by atoms with Crippen molar-refractivity contribution in [1.29, 1.82) is 5.26 Å². The van der Waals surface area contributed by atoms with Gasteiger partial charge in [-0.15, -0.1) is 11.3 Å². The fourth-order valence-electron chi connectivity index (χ4n) is 3.31. The number of hydrazone groups is 1. The van der Waals surface area contributed by atoms with Crippen LogP contribution in [0.5, 0.6) is 0 Å². The minimum Gasteiger partial charge on any atom is -0.289 e. The first-order valence-electron chi connectivity index (χ1n) is 8.97. The molecule has 2 aromatic heterocycles. The van der Waals surface area contributed by atoms with Crippen molar-refractivity contribution in [3.63, 3.8) is 0 Å². The number of carbonyl (C=O) groups is 1. The van der Waals surface area contributed by atoms with E-state index in [0.717, 1.165) is 41.6 Å². The van der Waals surface area contributed by atoms with Gasteiger partial charge >= 0.3 is 0 Å². The molecule has 1 aliphatic carbocycles. The van der Waals surface area contributed by atoms with Gasteiger partial charge in [-0.1, -0.05) is 12.1 Å². The number of aryl methyl sites for hydroxylation is 2. The highest BCUT2D eigenvalue weighted by atomic mass is 32.1. The van der Waals surface area contributed by atoms with Gasteiger partial charge in [0.15, 0.2) is 0 Å². The minimum atomic E-state index is -0.405. The molecule has 0 spiro atoms. The molecule has 1 N–H and O–H groups in total. The van der Waals surface area contributed by atoms with Crippen LogP contribution in [-0.2, 0) is 24.2 Å². The quantitative estimate of drug-likeness (QED) is 0.545. The van der Waals surface area contributed by atoms with Crippen molar-refractivity contribution in [2.75, 3.05) is 0 Å². The average Bonchev–Trinajstić information content (AvgIpc) is 3.10. The largest absolute Gasteiger partial charge is 0.289 e. The number of fused-ring (bicyclic) bond motifs is 3. The standard InChI is InChI=1S/C20H17N5O2S/c21-9-13-5-7-14(8-6-13)10-23-24-17(26)11-25-12-22-19-18(20(25)27)15-3-1-2-4-16(15)28-19/h5-8,10,12H,1-4,11H2,(H,24,26)/b23-10+. The van der Waals surface area contributed by atoms with Crippen LogP contribution < -0.4 is 11.0 Å². The van der Waals surface area contributed by atoms with E-state index in [1.165, 1.54) is 22.0 Å². The highest BCUT2D eigenvalue weighted by molar-refractivity contribution is 7.18. The summed E-state index contributed by atoms with van der Waals surface area (Å²) in [7, 11) is 0. The van der Waals surface area contributed by atoms with Gasteiger partial charge in [-0.05, 0) is 48.9 Å². The molecule has 4 rings (SSSR count). The lowest BCUT2D eigenvalue weighted by Gasteiger charge is -2.10. The van der Waals surface area contributed by atoms with Gasteiger partial charge in [0, 0.05) is 4.88 Å². The third-order valence-corrected chi connectivity index (χ3v) is 5.90. The summed E-state index contributed by atoms with van der Waals surface area (Å²) in [6.45, 7) is -0.142. The van der Waals surface area contributed by atoms with Crippen LogP contribution in [0.3, 0.4) is 0 Å². The second-order valence-corrected chi connectivity index (χ2v) is 7.68. The average molecular weight is 391 g/mol. The smallest absolute Gasteiger partial charge is 0.262 e. The van der Waals surface area contributed by atoms with Gasteiger partial charge in [0.2, 0.25) is 0 Å². The highest BCUT2D eigenvalue weighted by Crippen LogP contribution is 2.33. The molecular weight excluding hydrogens is 374 g/mol. The number of aromatic nitrogens is 2. The Labute approximate surface area is 165 Å². The molecule has 0 aliphatic heterocycles. The van der Waals surface area contributed by atoms with E-state index in [1.54, 1.807) is 35.6 Å². The minimum absolute atomic E-state index is 0.142. The second-order valence-electron chi connectivity index (χ2n) is 6.60. The van der Waals surface area contributed by atoms with Crippen LogP contribution >= 0.6 is 11.3 Å². The Morgan fingerprint density at radius 2 is 2.11 bits per heavy atom. The summed E-state index contributed by atoms with van der Waals surface area (Å²) in [5.74, 6) is -0.405. The molecule has 0 radical (unpaired) electrons. The van der Waals surface area contributed by atoms with Crippen LogP contribution in [0.15, 0.2) is 40.5 Å². The third kappa shape index (κ3) is 3.57. The van der Waals surface area contributed by atoms with Crippen molar-refractivity contribution in [2.45, 2.75) is 32.2 Å². The van der Waals surface area contributed by atoms with Crippen LogP contribution in [0.25, 0.3) is 10.2 Å². The summed E-state index contributed by atoms with van der Waals surface area (Å²) in [6.07, 6.45) is 7.04. The Balaban J connectivity index is 1.47. The van der Waals surface area contributed by atoms with Crippen molar-refractivity contribution >= 4 is 33.7 Å². The van der Waals surface area contributed by atoms with Crippen LogP contribution in [0.2, 0.25) is 0 Å². The number of nitrogens with zero attached hydrogens (tertiary/aromatic N) is 4. The third-order valence-electron chi connectivity index (χ3n) is 4.70. The lowest BCUT2D eigenvalue weighted by atomic mass is 9.97. The van der Waals surface area contributed by atoms with E-state index < -0.39 is 5.91 Å². The molecule has 1 amide bonds. The molecule has 28 heavy (non-hydrogen) atoms. The molecule has 3 aromatic rings. The van der Waals surface area contributed by atoms with Gasteiger partial charge < -0.3 is 0 Å². The molecule has 7 nitrogen and oxygen atoms in total. The zero-order chi connectivity index (χ0) is 19.5. The van der Waals surface area contributed by atoms with Gasteiger partial charge in [0.05, 0.1) is 29.6 Å². The zero-order valence-corrected chi connectivity index (χ0v) is 15.8. The number of nitriles is 1. The number of benzene rings is 1. The molecule has 0 bridgehead atoms. The number of nitrogens with one attached hydrogen (secondary N) is 1. The van der Waals surface area contributed by atoms with E-state index in [1.807, 2.05) is 6.07 Å². The lowest BCUT2D eigenvalue weighted by molar-refractivity contribution is -0.121. The first kappa shape index (κ1) is 18.1. The number of carbonyl (C=O) groups excluding carboxylic acids is 1. The summed E-state index contributed by atoms with van der Waals surface area (Å²) in [4.78, 5) is 31.4. The Morgan fingerprint density at radius 3 is 2.89 bits per heavy atom. The van der Waals surface area contributed by atoms with Crippen molar-refractivity contribution in [3.05, 3.63) is 62.5 Å². The molecule has 1 aliphatic rings. The van der Waals surface area contributed by atoms with Crippen LogP contribution in [0.4, 0.5) is 0 Å². The van der Waals surface area contributed by atoms with Gasteiger partial charge in [-0.3, -0.25) is 14.2 Å². The molecule has 0 fully saturated rings. The first-order chi connectivity index (χ1) is 13.7. The Hall–Kier alpha value is -3.31. The van der Waals surface area contributed by atoms with Crippen molar-refractivity contribution in [3.8, 4) is 6.07 Å². The molecule has 0 atom stereocenters. The molecule has 0 saturated heterocycles. The van der Waals surface area contributed by atoms with Crippen molar-refractivity contribution in [2.24, 2.45) is 5.10 Å². The predicted molar refractivity (Wildman–Crippen MR) is 107 cm³/mol. The van der Waals surface area contributed by atoms with Crippen LogP contribution in [0, 0.1) is 11.3 Å². The molecule has 0 unspecified atom stereocenters. The molecule has 1 aromatic carbocycles. The SMILES string of the molecule is N#Cc1ccc(/C=N/NC(=O)Cn2cnc3sc4c(c3c2=O)CCCC4)cc1. The van der Waals surface area contributed by atoms with E-state index >= 15 is 0 Å². The number of thiophene rings is 1. The molecule has 8 heteroatoms. The molecular formula is C20H17N5O2S. The summed E-state index contributed by atoms with van der Waals surface area (Å²) < 4.78 is 1.33. The monoisotopic (exact) mass is 391 g/mol. The Bertz CT molecular complexity index is 1170. The van der Waals surface area contributed by atoms with Crippen LogP contribution in [-0.4, -0.2) is 21.7 Å². The fraction of sp³-hybridized carbons (Fsp3) is 0.250. The number of hydrogen-bond donors (Lipinski definition) is 1. The van der Waals surface area contributed by atoms with Gasteiger partial charge in [-0.2, -0.15) is 10.4 Å². The van der Waals surface area contributed by atoms with Gasteiger partial charge in [-0.25, -0.2) is 10.4 Å². The molecule has 140 valence electrons. The van der Waals surface area contributed by atoms with Crippen LogP contribution in [0.1, 0.15) is 34.4 Å². The van der Waals surface area contributed by atoms with Gasteiger partial charge in [0.25, 0.3) is 11.5 Å². The second kappa shape index (κ2) is 7.74. The van der Waals surface area contributed by atoms with E-state index in [9.17, 15) is 9.59 Å². The predicted octanol–water partition coefficient (Wildman–Crippen LogP) is 2.36. The van der Waals surface area contributed by atoms with E-state index in [0.29, 0.717) is 10.9 Å². The molecule has 0 saturated carbocycles. The maximum Gasteiger partial charge on any atom is 0.262 e. The first-order valence-corrected chi connectivity index (χ1v) is 9.79. The van der Waals surface area contributed by atoms with E-state index in [-0.39, 0.29) is 12.1 Å². The number of amides is 1. The topological polar surface area (TPSA) is 100 Å². The van der Waals surface area contributed by atoms with Crippen molar-refractivity contribution in [1.82, 2.24) is 15.0 Å². The van der Waals surface area contributed by atoms with E-state index in [4.69, 9.17) is 5.26 Å². The summed E-state index contributed by atoms with van der Waals surface area (Å²) in [6, 6.07) is 8.85. The Kier molecular flexibility index (Phi) is 5.00. The summed E-state index contributed by atoms with van der Waals surface area (Å²) >= 11 is 1.59. The zero-order valence-electron chi connectivity index (χ0n) is 15.0. The summed E-state index contributed by atoms with van der Waals surface area (Å²) in [5.41, 5.74) is 4.67. The Morgan fingerprint density at radius 1 is 1.32 bits per heavy atom. The maximum absolute atomic E-state index is 12.8. The lowest BCUT2D eigenvalue weighted by Crippen LogP contribution is -2.30. The fourth-order valence-corrected chi connectivity index (χ4v) is 4.53. The number of hydrogen-bond acceptors (Lipinski definition) is 6. The van der Waals surface area contributed by atoms with Crippen molar-refractivity contribution < 1.29 is 4.79 Å². The van der Waals surface area contributed by atoms with Gasteiger partial charge in [0.1, 0.15) is 11.4 Å². The number of rotatable bonds is 4. The maximum atomic E-state index is 12.8.